The van der Waals surface area contributed by atoms with Gasteiger partial charge in [-0.3, -0.25) is 0 Å². The first-order valence-corrected chi connectivity index (χ1v) is 7.59. The van der Waals surface area contributed by atoms with E-state index in [-0.39, 0.29) is 0 Å². The number of H-pyrrole nitrogens is 1. The van der Waals surface area contributed by atoms with Crippen molar-refractivity contribution in [3.8, 4) is 0 Å². The fourth-order valence-electron chi connectivity index (χ4n) is 2.00. The first-order chi connectivity index (χ1) is 9.17. The molecule has 19 heavy (non-hydrogen) atoms. The van der Waals surface area contributed by atoms with E-state index in [0.717, 1.165) is 22.5 Å². The number of hydrogen-bond donors (Lipinski definition) is 1. The standard InChI is InChI=1S/C13H12ClN3S2/c1-2-9-6-15-12(19-9)7-17-11-5-8(14)3-4-10(11)16-13(17)18/h3-6H,2,7H2,1H3,(H,16,18). The molecule has 0 fully saturated rings. The number of nitrogens with one attached hydrogen (secondary N) is 1. The molecule has 0 bridgehead atoms. The van der Waals surface area contributed by atoms with E-state index in [1.165, 1.54) is 4.88 Å². The predicted molar refractivity (Wildman–Crippen MR) is 82.7 cm³/mol. The molecule has 0 amide bonds. The van der Waals surface area contributed by atoms with Crippen molar-refractivity contribution in [1.29, 1.82) is 0 Å². The quantitative estimate of drug-likeness (QED) is 0.727. The van der Waals surface area contributed by atoms with Crippen molar-refractivity contribution < 1.29 is 0 Å². The number of imidazole rings is 1. The summed E-state index contributed by atoms with van der Waals surface area (Å²) >= 11 is 13.2. The predicted octanol–water partition coefficient (Wildman–Crippen LogP) is 4.42. The zero-order chi connectivity index (χ0) is 13.4. The number of hydrogen-bond acceptors (Lipinski definition) is 3. The van der Waals surface area contributed by atoms with Gasteiger partial charge in [-0.25, -0.2) is 4.98 Å². The minimum absolute atomic E-state index is 0.684. The Morgan fingerprint density at radius 2 is 2.32 bits per heavy atom. The second-order valence-electron chi connectivity index (χ2n) is 4.25. The molecule has 3 rings (SSSR count). The minimum atomic E-state index is 0.684. The van der Waals surface area contributed by atoms with Gasteiger partial charge in [-0.1, -0.05) is 18.5 Å². The van der Waals surface area contributed by atoms with Crippen LogP contribution in [0.5, 0.6) is 0 Å². The van der Waals surface area contributed by atoms with Gasteiger partial charge in [0.2, 0.25) is 0 Å². The molecule has 2 aromatic heterocycles. The zero-order valence-corrected chi connectivity index (χ0v) is 12.7. The van der Waals surface area contributed by atoms with E-state index in [1.54, 1.807) is 11.3 Å². The fraction of sp³-hybridized carbons (Fsp3) is 0.231. The summed E-state index contributed by atoms with van der Waals surface area (Å²) in [7, 11) is 0. The summed E-state index contributed by atoms with van der Waals surface area (Å²) in [6, 6.07) is 5.74. The molecule has 0 saturated heterocycles. The maximum absolute atomic E-state index is 6.06. The normalized spacial score (nSPS) is 11.3. The molecule has 0 atom stereocenters. The summed E-state index contributed by atoms with van der Waals surface area (Å²) in [5.74, 6) is 0. The van der Waals surface area contributed by atoms with E-state index in [4.69, 9.17) is 23.8 Å². The molecule has 98 valence electrons. The Hall–Kier alpha value is -1.17. The van der Waals surface area contributed by atoms with Gasteiger partial charge in [-0.15, -0.1) is 11.3 Å². The van der Waals surface area contributed by atoms with Crippen molar-refractivity contribution in [1.82, 2.24) is 14.5 Å². The number of rotatable bonds is 3. The fourth-order valence-corrected chi connectivity index (χ4v) is 3.29. The topological polar surface area (TPSA) is 33.6 Å². The summed E-state index contributed by atoms with van der Waals surface area (Å²) in [5, 5.41) is 1.78. The number of aromatic nitrogens is 3. The van der Waals surface area contributed by atoms with Gasteiger partial charge in [0, 0.05) is 16.1 Å². The van der Waals surface area contributed by atoms with Crippen LogP contribution < -0.4 is 0 Å². The van der Waals surface area contributed by atoms with Crippen molar-refractivity contribution in [2.75, 3.05) is 0 Å². The lowest BCUT2D eigenvalue weighted by molar-refractivity contribution is 0.803. The van der Waals surface area contributed by atoms with Crippen LogP contribution in [0.15, 0.2) is 24.4 Å². The number of aryl methyl sites for hydroxylation is 1. The molecule has 0 aliphatic rings. The molecule has 0 unspecified atom stereocenters. The Bertz CT molecular complexity index is 785. The third-order valence-electron chi connectivity index (χ3n) is 2.98. The van der Waals surface area contributed by atoms with Crippen molar-refractivity contribution in [2.45, 2.75) is 19.9 Å². The van der Waals surface area contributed by atoms with Crippen LogP contribution in [0.2, 0.25) is 5.02 Å². The molecule has 0 spiro atoms. The van der Waals surface area contributed by atoms with Gasteiger partial charge in [0.15, 0.2) is 4.77 Å². The van der Waals surface area contributed by atoms with Gasteiger partial charge in [0.05, 0.1) is 17.6 Å². The first kappa shape index (κ1) is 12.8. The molecule has 1 N–H and O–H groups in total. The maximum atomic E-state index is 6.06. The summed E-state index contributed by atoms with van der Waals surface area (Å²) in [4.78, 5) is 8.92. The third-order valence-corrected chi connectivity index (χ3v) is 4.66. The second-order valence-corrected chi connectivity index (χ2v) is 6.27. The van der Waals surface area contributed by atoms with E-state index < -0.39 is 0 Å². The smallest absolute Gasteiger partial charge is 0.178 e. The van der Waals surface area contributed by atoms with E-state index >= 15 is 0 Å². The molecule has 6 heteroatoms. The molecule has 0 aliphatic carbocycles. The zero-order valence-electron chi connectivity index (χ0n) is 10.3. The second kappa shape index (κ2) is 5.07. The van der Waals surface area contributed by atoms with Crippen LogP contribution in [0.3, 0.4) is 0 Å². The van der Waals surface area contributed by atoms with Crippen molar-refractivity contribution >= 4 is 46.2 Å². The number of aromatic amines is 1. The van der Waals surface area contributed by atoms with E-state index in [9.17, 15) is 0 Å². The van der Waals surface area contributed by atoms with Crippen LogP contribution in [0, 0.1) is 4.77 Å². The SMILES string of the molecule is CCc1cnc(Cn2c(=S)[nH]c3ccc(Cl)cc32)s1. The minimum Gasteiger partial charge on any atom is -0.331 e. The van der Waals surface area contributed by atoms with Gasteiger partial charge in [0.1, 0.15) is 5.01 Å². The first-order valence-electron chi connectivity index (χ1n) is 5.99. The average Bonchev–Trinajstić information content (AvgIpc) is 2.96. The van der Waals surface area contributed by atoms with Gasteiger partial charge in [-0.05, 0) is 36.8 Å². The van der Waals surface area contributed by atoms with Crippen LogP contribution >= 0.6 is 35.2 Å². The highest BCUT2D eigenvalue weighted by Gasteiger charge is 2.08. The van der Waals surface area contributed by atoms with Crippen LogP contribution in [0.4, 0.5) is 0 Å². The molecular weight excluding hydrogens is 298 g/mol. The average molecular weight is 310 g/mol. The van der Waals surface area contributed by atoms with E-state index in [1.807, 2.05) is 29.0 Å². The van der Waals surface area contributed by atoms with Crippen LogP contribution in [0.25, 0.3) is 11.0 Å². The third kappa shape index (κ3) is 2.45. The van der Waals surface area contributed by atoms with Gasteiger partial charge < -0.3 is 9.55 Å². The lowest BCUT2D eigenvalue weighted by Crippen LogP contribution is -1.98. The Kier molecular flexibility index (Phi) is 3.43. The van der Waals surface area contributed by atoms with E-state index in [2.05, 4.69) is 16.9 Å². The van der Waals surface area contributed by atoms with Gasteiger partial charge in [-0.2, -0.15) is 0 Å². The Labute approximate surface area is 124 Å². The summed E-state index contributed by atoms with van der Waals surface area (Å²) in [5.41, 5.74) is 2.02. The summed E-state index contributed by atoms with van der Waals surface area (Å²) in [6.07, 6.45) is 2.95. The summed E-state index contributed by atoms with van der Waals surface area (Å²) < 4.78 is 2.74. The number of benzene rings is 1. The van der Waals surface area contributed by atoms with Crippen molar-refractivity contribution in [2.24, 2.45) is 0 Å². The number of halogens is 1. The lowest BCUT2D eigenvalue weighted by atomic mass is 10.3. The highest BCUT2D eigenvalue weighted by atomic mass is 35.5. The van der Waals surface area contributed by atoms with Crippen LogP contribution in [0.1, 0.15) is 16.8 Å². The van der Waals surface area contributed by atoms with Crippen LogP contribution in [-0.4, -0.2) is 14.5 Å². The molecule has 1 aromatic carbocycles. The van der Waals surface area contributed by atoms with Crippen LogP contribution in [-0.2, 0) is 13.0 Å². The molecule has 3 aromatic rings. The maximum Gasteiger partial charge on any atom is 0.178 e. The highest BCUT2D eigenvalue weighted by Crippen LogP contribution is 2.22. The van der Waals surface area contributed by atoms with Gasteiger partial charge in [0.25, 0.3) is 0 Å². The van der Waals surface area contributed by atoms with Crippen molar-refractivity contribution in [3.63, 3.8) is 0 Å². The largest absolute Gasteiger partial charge is 0.331 e. The van der Waals surface area contributed by atoms with Crippen molar-refractivity contribution in [3.05, 3.63) is 44.1 Å². The summed E-state index contributed by atoms with van der Waals surface area (Å²) in [6.45, 7) is 2.82. The molecule has 2 heterocycles. The molecule has 0 saturated carbocycles. The number of thiazole rings is 1. The molecule has 0 aliphatic heterocycles. The molecule has 0 radical (unpaired) electrons. The number of fused-ring (bicyclic) bond motifs is 1. The van der Waals surface area contributed by atoms with Gasteiger partial charge >= 0.3 is 0 Å². The highest BCUT2D eigenvalue weighted by molar-refractivity contribution is 7.71. The Morgan fingerprint density at radius 3 is 3.05 bits per heavy atom. The Morgan fingerprint density at radius 1 is 1.47 bits per heavy atom. The molecule has 3 nitrogen and oxygen atoms in total. The molecular formula is C13H12ClN3S2. The lowest BCUT2D eigenvalue weighted by Gasteiger charge is -2.01. The monoisotopic (exact) mass is 309 g/mol. The number of nitrogens with zero attached hydrogens (tertiary/aromatic N) is 2. The van der Waals surface area contributed by atoms with E-state index in [0.29, 0.717) is 16.3 Å². The Balaban J connectivity index is 2.06.